The Kier molecular flexibility index (Phi) is 5.96. The van der Waals surface area contributed by atoms with Crippen LogP contribution in [-0.4, -0.2) is 21.1 Å². The van der Waals surface area contributed by atoms with Crippen molar-refractivity contribution in [1.29, 1.82) is 0 Å². The zero-order valence-corrected chi connectivity index (χ0v) is 16.2. The molecule has 146 valence electrons. The fourth-order valence-corrected chi connectivity index (χ4v) is 4.16. The van der Waals surface area contributed by atoms with E-state index in [1.165, 1.54) is 4.57 Å². The van der Waals surface area contributed by atoms with Crippen LogP contribution in [0.3, 0.4) is 0 Å². The quantitative estimate of drug-likeness (QED) is 0.370. The van der Waals surface area contributed by atoms with Gasteiger partial charge in [-0.1, -0.05) is 43.0 Å². The van der Waals surface area contributed by atoms with E-state index in [4.69, 9.17) is 4.74 Å². The Labute approximate surface area is 164 Å². The molecule has 0 radical (unpaired) electrons. The van der Waals surface area contributed by atoms with E-state index in [0.717, 1.165) is 17.1 Å². The van der Waals surface area contributed by atoms with Gasteiger partial charge in [-0.15, -0.1) is 0 Å². The molecule has 8 nitrogen and oxygen atoms in total. The topological polar surface area (TPSA) is 107 Å². The summed E-state index contributed by atoms with van der Waals surface area (Å²) in [4.78, 5) is 38.6. The average Bonchev–Trinajstić information content (AvgIpc) is 2.67. The van der Waals surface area contributed by atoms with Crippen LogP contribution in [-0.2, 0) is 17.9 Å². The molecule has 0 fully saturated rings. The molecule has 0 saturated heterocycles. The molecule has 3 rings (SSSR count). The minimum absolute atomic E-state index is 0.0528. The number of aromatic amines is 1. The van der Waals surface area contributed by atoms with Gasteiger partial charge in [0.05, 0.1) is 20.2 Å². The summed E-state index contributed by atoms with van der Waals surface area (Å²) in [6, 6.07) is 10.5. The number of benzene rings is 2. The third-order valence-electron chi connectivity index (χ3n) is 4.27. The maximum absolute atomic E-state index is 12.3. The van der Waals surface area contributed by atoms with E-state index in [0.29, 0.717) is 33.9 Å². The lowest BCUT2D eigenvalue weighted by molar-refractivity contribution is -0.385. The SMILES string of the molecule is CCOCn1c(Sc2ccc3ccccc3c2[N+](=O)[O-])c(CC)c(=O)[nH]c1=O. The second-order valence-corrected chi connectivity index (χ2v) is 6.97. The molecule has 0 aliphatic rings. The van der Waals surface area contributed by atoms with Crippen molar-refractivity contribution in [2.75, 3.05) is 6.61 Å². The predicted molar refractivity (Wildman–Crippen MR) is 107 cm³/mol. The highest BCUT2D eigenvalue weighted by Gasteiger charge is 2.23. The number of aromatic nitrogens is 2. The van der Waals surface area contributed by atoms with Crippen LogP contribution >= 0.6 is 11.8 Å². The summed E-state index contributed by atoms with van der Waals surface area (Å²) in [6.45, 7) is 3.91. The van der Waals surface area contributed by atoms with E-state index in [9.17, 15) is 19.7 Å². The van der Waals surface area contributed by atoms with Gasteiger partial charge in [-0.25, -0.2) is 4.79 Å². The van der Waals surface area contributed by atoms with Gasteiger partial charge in [0.2, 0.25) is 0 Å². The minimum Gasteiger partial charge on any atom is -0.361 e. The second kappa shape index (κ2) is 8.41. The Bertz CT molecular complexity index is 1150. The second-order valence-electron chi connectivity index (χ2n) is 5.94. The van der Waals surface area contributed by atoms with Crippen LogP contribution in [0.25, 0.3) is 10.8 Å². The van der Waals surface area contributed by atoms with Crippen LogP contribution in [0, 0.1) is 10.1 Å². The molecule has 0 aliphatic carbocycles. The van der Waals surface area contributed by atoms with E-state index >= 15 is 0 Å². The minimum atomic E-state index is -0.610. The van der Waals surface area contributed by atoms with Crippen molar-refractivity contribution in [3.63, 3.8) is 0 Å². The lowest BCUT2D eigenvalue weighted by Gasteiger charge is -2.15. The third-order valence-corrected chi connectivity index (χ3v) is 5.48. The smallest absolute Gasteiger partial charge is 0.331 e. The van der Waals surface area contributed by atoms with Crippen LogP contribution in [0.2, 0.25) is 0 Å². The van der Waals surface area contributed by atoms with Crippen LogP contribution in [0.1, 0.15) is 19.4 Å². The molecule has 1 aromatic heterocycles. The summed E-state index contributed by atoms with van der Waals surface area (Å²) in [5.74, 6) is 0. The van der Waals surface area contributed by atoms with Crippen LogP contribution in [0.5, 0.6) is 0 Å². The third kappa shape index (κ3) is 3.71. The Morgan fingerprint density at radius 2 is 1.93 bits per heavy atom. The van der Waals surface area contributed by atoms with E-state index in [-0.39, 0.29) is 12.4 Å². The van der Waals surface area contributed by atoms with Crippen molar-refractivity contribution in [2.45, 2.75) is 36.9 Å². The van der Waals surface area contributed by atoms with Crippen molar-refractivity contribution in [3.8, 4) is 0 Å². The number of rotatable bonds is 7. The molecule has 1 heterocycles. The van der Waals surface area contributed by atoms with Crippen LogP contribution < -0.4 is 11.2 Å². The standard InChI is InChI=1S/C19H19N3O5S/c1-3-13-17(23)20-19(24)21(11-27-4-2)18(13)28-15-10-9-12-7-5-6-8-14(12)16(15)22(25)26/h5-10H,3-4,11H2,1-2H3,(H,20,23,24). The number of nitro benzene ring substituents is 1. The van der Waals surface area contributed by atoms with Crippen LogP contribution in [0.15, 0.2) is 55.9 Å². The number of H-pyrrole nitrogens is 1. The summed E-state index contributed by atoms with van der Waals surface area (Å²) < 4.78 is 6.66. The zero-order chi connectivity index (χ0) is 20.3. The monoisotopic (exact) mass is 401 g/mol. The zero-order valence-electron chi connectivity index (χ0n) is 15.4. The van der Waals surface area contributed by atoms with Crippen molar-refractivity contribution < 1.29 is 9.66 Å². The number of hydrogen-bond acceptors (Lipinski definition) is 6. The summed E-state index contributed by atoms with van der Waals surface area (Å²) in [5.41, 5.74) is -0.777. The summed E-state index contributed by atoms with van der Waals surface area (Å²) in [7, 11) is 0. The van der Waals surface area contributed by atoms with Gasteiger partial charge in [0.1, 0.15) is 6.73 Å². The Balaban J connectivity index is 2.24. The van der Waals surface area contributed by atoms with Gasteiger partial charge in [0, 0.05) is 12.2 Å². The maximum atomic E-state index is 12.3. The molecule has 9 heteroatoms. The fraction of sp³-hybridized carbons (Fsp3) is 0.263. The van der Waals surface area contributed by atoms with Gasteiger partial charge in [-0.2, -0.15) is 0 Å². The highest BCUT2D eigenvalue weighted by atomic mass is 32.2. The Hall–Kier alpha value is -2.91. The molecule has 0 unspecified atom stereocenters. The molecule has 0 amide bonds. The normalized spacial score (nSPS) is 11.1. The van der Waals surface area contributed by atoms with Crippen molar-refractivity contribution in [1.82, 2.24) is 9.55 Å². The molecule has 28 heavy (non-hydrogen) atoms. The lowest BCUT2D eigenvalue weighted by atomic mass is 10.1. The van der Waals surface area contributed by atoms with Gasteiger partial charge in [-0.3, -0.25) is 24.5 Å². The van der Waals surface area contributed by atoms with Crippen molar-refractivity contribution in [3.05, 3.63) is 72.9 Å². The van der Waals surface area contributed by atoms with Gasteiger partial charge < -0.3 is 4.74 Å². The number of nitro groups is 1. The van der Waals surface area contributed by atoms with E-state index in [2.05, 4.69) is 4.98 Å². The average molecular weight is 401 g/mol. The maximum Gasteiger partial charge on any atom is 0.331 e. The molecule has 1 N–H and O–H groups in total. The number of fused-ring (bicyclic) bond motifs is 1. The molecule has 0 bridgehead atoms. The van der Waals surface area contributed by atoms with Gasteiger partial charge in [-0.05, 0) is 30.9 Å². The highest BCUT2D eigenvalue weighted by molar-refractivity contribution is 7.99. The number of nitrogens with one attached hydrogen (secondary N) is 1. The Morgan fingerprint density at radius 3 is 2.61 bits per heavy atom. The number of nitrogens with zero attached hydrogens (tertiary/aromatic N) is 2. The number of ether oxygens (including phenoxy) is 1. The van der Waals surface area contributed by atoms with E-state index in [1.807, 2.05) is 6.07 Å². The first-order valence-electron chi connectivity index (χ1n) is 8.75. The first kappa shape index (κ1) is 19.8. The largest absolute Gasteiger partial charge is 0.361 e. The molecular weight excluding hydrogens is 382 g/mol. The first-order chi connectivity index (χ1) is 13.5. The van der Waals surface area contributed by atoms with Gasteiger partial charge in [0.15, 0.2) is 0 Å². The van der Waals surface area contributed by atoms with Gasteiger partial charge >= 0.3 is 5.69 Å². The van der Waals surface area contributed by atoms with Crippen LogP contribution in [0.4, 0.5) is 5.69 Å². The molecular formula is C19H19N3O5S. The molecule has 3 aromatic rings. The fourth-order valence-electron chi connectivity index (χ4n) is 2.93. The molecule has 0 atom stereocenters. The molecule has 2 aromatic carbocycles. The Morgan fingerprint density at radius 1 is 1.18 bits per heavy atom. The van der Waals surface area contributed by atoms with Crippen molar-refractivity contribution >= 4 is 28.2 Å². The summed E-state index contributed by atoms with van der Waals surface area (Å²) in [6.07, 6.45) is 0.367. The number of hydrogen-bond donors (Lipinski definition) is 1. The van der Waals surface area contributed by atoms with E-state index < -0.39 is 16.2 Å². The summed E-state index contributed by atoms with van der Waals surface area (Å²) in [5, 5.41) is 13.4. The lowest BCUT2D eigenvalue weighted by Crippen LogP contribution is -2.34. The predicted octanol–water partition coefficient (Wildman–Crippen LogP) is 3.31. The molecule has 0 aliphatic heterocycles. The van der Waals surface area contributed by atoms with E-state index in [1.54, 1.807) is 44.2 Å². The summed E-state index contributed by atoms with van der Waals surface area (Å²) >= 11 is 1.04. The van der Waals surface area contributed by atoms with Crippen molar-refractivity contribution in [2.24, 2.45) is 0 Å². The van der Waals surface area contributed by atoms with Gasteiger partial charge in [0.25, 0.3) is 11.2 Å². The molecule has 0 saturated carbocycles. The molecule has 0 spiro atoms. The first-order valence-corrected chi connectivity index (χ1v) is 9.57. The highest BCUT2D eigenvalue weighted by Crippen LogP contribution is 2.39.